The molecule has 0 spiro atoms. The van der Waals surface area contributed by atoms with Gasteiger partial charge in [0.05, 0.1) is 5.02 Å². The van der Waals surface area contributed by atoms with Crippen molar-refractivity contribution in [2.24, 2.45) is 0 Å². The van der Waals surface area contributed by atoms with E-state index in [2.05, 4.69) is 5.16 Å². The second-order valence-electron chi connectivity index (χ2n) is 5.47. The van der Waals surface area contributed by atoms with Crippen LogP contribution < -0.4 is 4.90 Å². The number of aryl methyl sites for hydroxylation is 1. The van der Waals surface area contributed by atoms with Crippen LogP contribution in [0.1, 0.15) is 23.0 Å². The molecule has 0 radical (unpaired) electrons. The number of rotatable bonds is 4. The van der Waals surface area contributed by atoms with E-state index < -0.39 is 0 Å². The van der Waals surface area contributed by atoms with Gasteiger partial charge in [-0.2, -0.15) is 0 Å². The zero-order chi connectivity index (χ0) is 18.0. The molecule has 3 rings (SSSR count). The molecule has 128 valence electrons. The van der Waals surface area contributed by atoms with Crippen LogP contribution in [-0.2, 0) is 0 Å². The number of nitrogens with zero attached hydrogens (tertiary/aromatic N) is 2. The summed E-state index contributed by atoms with van der Waals surface area (Å²) in [6.45, 7) is 4.09. The predicted molar refractivity (Wildman–Crippen MR) is 100 cm³/mol. The number of anilines is 1. The lowest BCUT2D eigenvalue weighted by atomic mass is 10.0. The second kappa shape index (κ2) is 7.30. The van der Waals surface area contributed by atoms with Crippen LogP contribution in [0.5, 0.6) is 0 Å². The second-order valence-corrected chi connectivity index (χ2v) is 6.32. The van der Waals surface area contributed by atoms with Gasteiger partial charge in [-0.05, 0) is 38.1 Å². The summed E-state index contributed by atoms with van der Waals surface area (Å²) in [6, 6.07) is 14.4. The van der Waals surface area contributed by atoms with Crippen molar-refractivity contribution in [3.05, 3.63) is 69.9 Å². The Kier molecular flexibility index (Phi) is 5.11. The summed E-state index contributed by atoms with van der Waals surface area (Å²) >= 11 is 12.3. The summed E-state index contributed by atoms with van der Waals surface area (Å²) in [5.74, 6) is 0.235. The molecular formula is C19H16Cl2N2O2. The predicted octanol–water partition coefficient (Wildman–Crippen LogP) is 5.62. The highest BCUT2D eigenvalue weighted by Crippen LogP contribution is 2.32. The topological polar surface area (TPSA) is 46.3 Å². The van der Waals surface area contributed by atoms with Crippen molar-refractivity contribution in [1.82, 2.24) is 5.16 Å². The molecule has 0 saturated carbocycles. The van der Waals surface area contributed by atoms with E-state index in [4.69, 9.17) is 27.7 Å². The summed E-state index contributed by atoms with van der Waals surface area (Å²) in [4.78, 5) is 14.8. The molecule has 0 aliphatic carbocycles. The minimum absolute atomic E-state index is 0.210. The van der Waals surface area contributed by atoms with Gasteiger partial charge < -0.3 is 9.42 Å². The highest BCUT2D eigenvalue weighted by molar-refractivity contribution is 6.33. The van der Waals surface area contributed by atoms with Gasteiger partial charge in [-0.25, -0.2) is 0 Å². The molecule has 0 atom stereocenters. The fourth-order valence-corrected chi connectivity index (χ4v) is 3.09. The largest absolute Gasteiger partial charge is 0.360 e. The Hall–Kier alpha value is -2.30. The van der Waals surface area contributed by atoms with Gasteiger partial charge in [-0.15, -0.1) is 0 Å². The zero-order valence-corrected chi connectivity index (χ0v) is 15.3. The molecule has 0 N–H and O–H groups in total. The number of carbonyl (C=O) groups is 1. The van der Waals surface area contributed by atoms with Crippen LogP contribution in [0.2, 0.25) is 10.0 Å². The number of benzene rings is 2. The number of carbonyl (C=O) groups excluding carboxylic acids is 1. The van der Waals surface area contributed by atoms with Gasteiger partial charge in [0, 0.05) is 22.8 Å². The number of hydrogen-bond acceptors (Lipinski definition) is 3. The normalized spacial score (nSPS) is 10.7. The number of aromatic nitrogens is 1. The maximum absolute atomic E-state index is 13.2. The van der Waals surface area contributed by atoms with Crippen molar-refractivity contribution in [2.45, 2.75) is 13.8 Å². The lowest BCUT2D eigenvalue weighted by Crippen LogP contribution is -2.31. The summed E-state index contributed by atoms with van der Waals surface area (Å²) in [6.07, 6.45) is 0. The molecule has 1 aromatic heterocycles. The molecule has 0 aliphatic rings. The van der Waals surface area contributed by atoms with Crippen LogP contribution >= 0.6 is 23.2 Å². The van der Waals surface area contributed by atoms with Crippen LogP contribution in [0.15, 0.2) is 53.1 Å². The van der Waals surface area contributed by atoms with Crippen molar-refractivity contribution >= 4 is 34.8 Å². The third kappa shape index (κ3) is 3.41. The number of hydrogen-bond donors (Lipinski definition) is 0. The first-order valence-electron chi connectivity index (χ1n) is 7.81. The lowest BCUT2D eigenvalue weighted by molar-refractivity contribution is 0.0987. The van der Waals surface area contributed by atoms with E-state index in [0.29, 0.717) is 44.9 Å². The van der Waals surface area contributed by atoms with E-state index in [0.717, 1.165) is 0 Å². The van der Waals surface area contributed by atoms with Crippen molar-refractivity contribution in [1.29, 1.82) is 0 Å². The van der Waals surface area contributed by atoms with Gasteiger partial charge in [-0.1, -0.05) is 52.6 Å². The molecule has 0 unspecified atom stereocenters. The van der Waals surface area contributed by atoms with E-state index in [9.17, 15) is 4.79 Å². The summed E-state index contributed by atoms with van der Waals surface area (Å²) in [5, 5.41) is 5.14. The van der Waals surface area contributed by atoms with Gasteiger partial charge in [0.2, 0.25) is 0 Å². The molecule has 4 nitrogen and oxygen atoms in total. The first kappa shape index (κ1) is 17.5. The first-order valence-corrected chi connectivity index (χ1v) is 8.57. The van der Waals surface area contributed by atoms with Crippen LogP contribution in [-0.4, -0.2) is 17.6 Å². The Morgan fingerprint density at radius 2 is 1.92 bits per heavy atom. The van der Waals surface area contributed by atoms with Gasteiger partial charge in [0.1, 0.15) is 17.0 Å². The highest BCUT2D eigenvalue weighted by atomic mass is 35.5. The smallest absolute Gasteiger partial charge is 0.264 e. The number of halogens is 2. The van der Waals surface area contributed by atoms with Gasteiger partial charge in [0.15, 0.2) is 0 Å². The third-order valence-corrected chi connectivity index (χ3v) is 4.45. The SMILES string of the molecule is CCN(C(=O)c1c(-c2ccccc2Cl)noc1C)c1cccc(Cl)c1. The number of amides is 1. The van der Waals surface area contributed by atoms with E-state index >= 15 is 0 Å². The Balaban J connectivity index is 2.08. The van der Waals surface area contributed by atoms with E-state index in [1.54, 1.807) is 30.0 Å². The Morgan fingerprint density at radius 1 is 1.16 bits per heavy atom. The minimum atomic E-state index is -0.210. The summed E-state index contributed by atoms with van der Waals surface area (Å²) in [5.41, 5.74) is 2.21. The Morgan fingerprint density at radius 3 is 2.60 bits per heavy atom. The zero-order valence-electron chi connectivity index (χ0n) is 13.8. The van der Waals surface area contributed by atoms with Crippen LogP contribution in [0, 0.1) is 6.92 Å². The summed E-state index contributed by atoms with van der Waals surface area (Å²) in [7, 11) is 0. The molecule has 0 saturated heterocycles. The molecular weight excluding hydrogens is 359 g/mol. The molecule has 1 amide bonds. The molecule has 2 aromatic carbocycles. The standard InChI is InChI=1S/C19H16Cl2N2O2/c1-3-23(14-8-6-7-13(20)11-14)19(24)17-12(2)25-22-18(17)15-9-4-5-10-16(15)21/h4-11H,3H2,1-2H3. The van der Waals surface area contributed by atoms with Gasteiger partial charge in [-0.3, -0.25) is 4.79 Å². The van der Waals surface area contributed by atoms with Crippen LogP contribution in [0.3, 0.4) is 0 Å². The van der Waals surface area contributed by atoms with Crippen molar-refractivity contribution < 1.29 is 9.32 Å². The lowest BCUT2D eigenvalue weighted by Gasteiger charge is -2.21. The monoisotopic (exact) mass is 374 g/mol. The first-order chi connectivity index (χ1) is 12.0. The van der Waals surface area contributed by atoms with Crippen molar-refractivity contribution in [3.63, 3.8) is 0 Å². The Labute approximate surface area is 155 Å². The van der Waals surface area contributed by atoms with Crippen molar-refractivity contribution in [2.75, 3.05) is 11.4 Å². The van der Waals surface area contributed by atoms with Crippen LogP contribution in [0.4, 0.5) is 5.69 Å². The van der Waals surface area contributed by atoms with Gasteiger partial charge >= 0.3 is 0 Å². The minimum Gasteiger partial charge on any atom is -0.360 e. The average molecular weight is 375 g/mol. The van der Waals surface area contributed by atoms with Gasteiger partial charge in [0.25, 0.3) is 5.91 Å². The maximum Gasteiger partial charge on any atom is 0.264 e. The highest BCUT2D eigenvalue weighted by Gasteiger charge is 2.27. The average Bonchev–Trinajstić information content (AvgIpc) is 2.97. The molecule has 0 fully saturated rings. The quantitative estimate of drug-likeness (QED) is 0.594. The molecule has 1 heterocycles. The summed E-state index contributed by atoms with van der Waals surface area (Å²) < 4.78 is 5.30. The third-order valence-electron chi connectivity index (χ3n) is 3.89. The van der Waals surface area contributed by atoms with Crippen molar-refractivity contribution in [3.8, 4) is 11.3 Å². The molecule has 25 heavy (non-hydrogen) atoms. The maximum atomic E-state index is 13.2. The molecule has 6 heteroatoms. The Bertz CT molecular complexity index is 921. The van der Waals surface area contributed by atoms with E-state index in [1.165, 1.54) is 0 Å². The molecule has 3 aromatic rings. The fourth-order valence-electron chi connectivity index (χ4n) is 2.68. The molecule has 0 aliphatic heterocycles. The van der Waals surface area contributed by atoms with E-state index in [1.807, 2.05) is 37.3 Å². The fraction of sp³-hybridized carbons (Fsp3) is 0.158. The van der Waals surface area contributed by atoms with E-state index in [-0.39, 0.29) is 5.91 Å². The molecule has 0 bridgehead atoms. The van der Waals surface area contributed by atoms with Crippen LogP contribution in [0.25, 0.3) is 11.3 Å².